The summed E-state index contributed by atoms with van der Waals surface area (Å²) in [4.78, 5) is 2.13. The van der Waals surface area contributed by atoms with Crippen molar-refractivity contribution in [2.75, 3.05) is 32.6 Å². The van der Waals surface area contributed by atoms with Crippen molar-refractivity contribution in [2.45, 2.75) is 45.6 Å². The van der Waals surface area contributed by atoms with Crippen LogP contribution in [0.25, 0.3) is 0 Å². The minimum atomic E-state index is 0.530. The maximum absolute atomic E-state index is 5.72. The Hall–Kier alpha value is -1.22. The van der Waals surface area contributed by atoms with Crippen molar-refractivity contribution < 1.29 is 4.74 Å². The van der Waals surface area contributed by atoms with E-state index in [1.165, 1.54) is 31.4 Å². The number of nitrogens with zero attached hydrogens (tertiary/aromatic N) is 1. The molecule has 0 spiro atoms. The Balaban J connectivity index is 1.77. The number of ether oxygens (including phenoxy) is 1. The van der Waals surface area contributed by atoms with Crippen LogP contribution in [-0.4, -0.2) is 38.2 Å². The van der Waals surface area contributed by atoms with E-state index in [0.717, 1.165) is 18.9 Å². The molecule has 21 heavy (non-hydrogen) atoms. The van der Waals surface area contributed by atoms with Crippen molar-refractivity contribution in [3.05, 3.63) is 24.3 Å². The minimum absolute atomic E-state index is 0.530. The normalized spacial score (nSPS) is 18.7. The Labute approximate surface area is 129 Å². The predicted octanol–water partition coefficient (Wildman–Crippen LogP) is 4.01. The monoisotopic (exact) mass is 290 g/mol. The van der Waals surface area contributed by atoms with Gasteiger partial charge in [-0.25, -0.2) is 0 Å². The largest absolute Gasteiger partial charge is 0.492 e. The second-order valence-corrected chi connectivity index (χ2v) is 7.26. The van der Waals surface area contributed by atoms with Gasteiger partial charge < -0.3 is 15.0 Å². The lowest BCUT2D eigenvalue weighted by atomic mass is 9.75. The Bertz CT molecular complexity index is 415. The Kier molecular flexibility index (Phi) is 5.51. The first-order valence-corrected chi connectivity index (χ1v) is 8.09. The number of anilines is 1. The van der Waals surface area contributed by atoms with Crippen molar-refractivity contribution >= 4 is 5.69 Å². The van der Waals surface area contributed by atoms with Gasteiger partial charge in [0.25, 0.3) is 0 Å². The first-order valence-electron chi connectivity index (χ1n) is 8.09. The molecular formula is C18H30N2O. The van der Waals surface area contributed by atoms with Crippen LogP contribution in [0.15, 0.2) is 24.3 Å². The molecule has 0 saturated heterocycles. The van der Waals surface area contributed by atoms with Crippen LogP contribution in [0.2, 0.25) is 0 Å². The van der Waals surface area contributed by atoms with Gasteiger partial charge in [0.2, 0.25) is 0 Å². The highest BCUT2D eigenvalue weighted by molar-refractivity contribution is 5.47. The average molecular weight is 290 g/mol. The minimum Gasteiger partial charge on any atom is -0.492 e. The lowest BCUT2D eigenvalue weighted by Gasteiger charge is -2.35. The van der Waals surface area contributed by atoms with Crippen molar-refractivity contribution in [1.82, 2.24) is 4.90 Å². The molecule has 1 aliphatic carbocycles. The molecule has 1 aliphatic rings. The molecule has 1 aromatic carbocycles. The van der Waals surface area contributed by atoms with E-state index in [1.807, 2.05) is 0 Å². The lowest BCUT2D eigenvalue weighted by Crippen LogP contribution is -2.29. The third-order valence-corrected chi connectivity index (χ3v) is 4.37. The highest BCUT2D eigenvalue weighted by Gasteiger charge is 2.26. The van der Waals surface area contributed by atoms with Crippen LogP contribution in [0.5, 0.6) is 5.75 Å². The van der Waals surface area contributed by atoms with Crippen LogP contribution in [0.1, 0.15) is 39.5 Å². The van der Waals surface area contributed by atoms with E-state index in [4.69, 9.17) is 4.74 Å². The van der Waals surface area contributed by atoms with Gasteiger partial charge in [-0.15, -0.1) is 0 Å². The Morgan fingerprint density at radius 2 is 1.76 bits per heavy atom. The molecule has 0 heterocycles. The van der Waals surface area contributed by atoms with Crippen molar-refractivity contribution in [3.63, 3.8) is 0 Å². The van der Waals surface area contributed by atoms with E-state index in [-0.39, 0.29) is 0 Å². The molecule has 1 fully saturated rings. The van der Waals surface area contributed by atoms with Crippen molar-refractivity contribution in [3.8, 4) is 5.75 Å². The second-order valence-electron chi connectivity index (χ2n) is 7.26. The highest BCUT2D eigenvalue weighted by atomic mass is 16.5. The maximum Gasteiger partial charge on any atom is 0.119 e. The van der Waals surface area contributed by atoms with Gasteiger partial charge in [-0.1, -0.05) is 13.8 Å². The van der Waals surface area contributed by atoms with Gasteiger partial charge in [0.1, 0.15) is 12.4 Å². The number of rotatable bonds is 6. The van der Waals surface area contributed by atoms with Gasteiger partial charge in [-0.2, -0.15) is 0 Å². The van der Waals surface area contributed by atoms with E-state index >= 15 is 0 Å². The number of hydrogen-bond donors (Lipinski definition) is 1. The van der Waals surface area contributed by atoms with E-state index < -0.39 is 0 Å². The van der Waals surface area contributed by atoms with Crippen molar-refractivity contribution in [2.24, 2.45) is 5.41 Å². The fourth-order valence-corrected chi connectivity index (χ4v) is 2.77. The molecule has 3 nitrogen and oxygen atoms in total. The Morgan fingerprint density at radius 3 is 2.33 bits per heavy atom. The molecule has 0 atom stereocenters. The molecule has 0 unspecified atom stereocenters. The third-order valence-electron chi connectivity index (χ3n) is 4.37. The molecule has 0 bridgehead atoms. The zero-order valence-corrected chi connectivity index (χ0v) is 14.0. The predicted molar refractivity (Wildman–Crippen MR) is 90.2 cm³/mol. The SMILES string of the molecule is CN(C)CCOc1ccc(NC2CCC(C)(C)CC2)cc1. The number of benzene rings is 1. The van der Waals surface area contributed by atoms with E-state index in [2.05, 4.69) is 62.4 Å². The molecule has 0 aliphatic heterocycles. The summed E-state index contributed by atoms with van der Waals surface area (Å²) in [5, 5.41) is 3.66. The molecule has 0 radical (unpaired) electrons. The zero-order chi connectivity index (χ0) is 15.3. The molecular weight excluding hydrogens is 260 g/mol. The fraction of sp³-hybridized carbons (Fsp3) is 0.667. The smallest absolute Gasteiger partial charge is 0.119 e. The second kappa shape index (κ2) is 7.17. The summed E-state index contributed by atoms with van der Waals surface area (Å²) in [6, 6.07) is 9.00. The summed E-state index contributed by atoms with van der Waals surface area (Å²) >= 11 is 0. The van der Waals surface area contributed by atoms with Crippen LogP contribution in [0, 0.1) is 5.41 Å². The summed E-state index contributed by atoms with van der Waals surface area (Å²) in [7, 11) is 4.11. The van der Waals surface area contributed by atoms with E-state index in [1.54, 1.807) is 0 Å². The van der Waals surface area contributed by atoms with Gasteiger partial charge in [-0.3, -0.25) is 0 Å². The summed E-state index contributed by atoms with van der Waals surface area (Å²) < 4.78 is 5.72. The molecule has 1 N–H and O–H groups in total. The standard InChI is InChI=1S/C18H30N2O/c1-18(2)11-9-16(10-12-18)19-15-5-7-17(8-6-15)21-14-13-20(3)4/h5-8,16,19H,9-14H2,1-4H3. The summed E-state index contributed by atoms with van der Waals surface area (Å²) in [6.45, 7) is 6.43. The molecule has 118 valence electrons. The molecule has 3 heteroatoms. The van der Waals surface area contributed by atoms with Crippen molar-refractivity contribution in [1.29, 1.82) is 0 Å². The van der Waals surface area contributed by atoms with Crippen LogP contribution in [-0.2, 0) is 0 Å². The van der Waals surface area contributed by atoms with Gasteiger partial charge in [0, 0.05) is 18.3 Å². The Morgan fingerprint density at radius 1 is 1.14 bits per heavy atom. The van der Waals surface area contributed by atoms with Crippen LogP contribution >= 0.6 is 0 Å². The molecule has 0 amide bonds. The molecule has 2 rings (SSSR count). The average Bonchev–Trinajstić information content (AvgIpc) is 2.43. The fourth-order valence-electron chi connectivity index (χ4n) is 2.77. The molecule has 1 aromatic rings. The first-order chi connectivity index (χ1) is 9.94. The van der Waals surface area contributed by atoms with Crippen LogP contribution < -0.4 is 10.1 Å². The quantitative estimate of drug-likeness (QED) is 0.857. The zero-order valence-electron chi connectivity index (χ0n) is 14.0. The molecule has 1 saturated carbocycles. The molecule has 0 aromatic heterocycles. The van der Waals surface area contributed by atoms with E-state index in [0.29, 0.717) is 11.5 Å². The van der Waals surface area contributed by atoms with Gasteiger partial charge >= 0.3 is 0 Å². The first kappa shape index (κ1) is 16.2. The van der Waals surface area contributed by atoms with Gasteiger partial charge in [0.05, 0.1) is 0 Å². The summed E-state index contributed by atoms with van der Waals surface area (Å²) in [6.07, 6.45) is 5.18. The number of likely N-dealkylation sites (N-methyl/N-ethyl adjacent to an activating group) is 1. The van der Waals surface area contributed by atoms with Gasteiger partial charge in [-0.05, 0) is 69.5 Å². The summed E-state index contributed by atoms with van der Waals surface area (Å²) in [5.74, 6) is 0.951. The summed E-state index contributed by atoms with van der Waals surface area (Å²) in [5.41, 5.74) is 1.74. The van der Waals surface area contributed by atoms with Crippen LogP contribution in [0.3, 0.4) is 0 Å². The van der Waals surface area contributed by atoms with Crippen LogP contribution in [0.4, 0.5) is 5.69 Å². The van der Waals surface area contributed by atoms with E-state index in [9.17, 15) is 0 Å². The number of nitrogens with one attached hydrogen (secondary N) is 1. The van der Waals surface area contributed by atoms with Gasteiger partial charge in [0.15, 0.2) is 0 Å². The highest BCUT2D eigenvalue weighted by Crippen LogP contribution is 2.36. The number of hydrogen-bond acceptors (Lipinski definition) is 3. The maximum atomic E-state index is 5.72. The third kappa shape index (κ3) is 5.58. The topological polar surface area (TPSA) is 24.5 Å². The lowest BCUT2D eigenvalue weighted by molar-refractivity contribution is 0.232.